The molecule has 2 aromatic rings. The van der Waals surface area contributed by atoms with E-state index < -0.39 is 0 Å². The number of aromatic nitrogens is 1. The number of rotatable bonds is 4. The second kappa shape index (κ2) is 6.72. The highest BCUT2D eigenvalue weighted by atomic mass is 32.1. The van der Waals surface area contributed by atoms with Crippen LogP contribution in [0.1, 0.15) is 36.6 Å². The van der Waals surface area contributed by atoms with E-state index in [1.54, 1.807) is 35.9 Å². The van der Waals surface area contributed by atoms with Gasteiger partial charge in [-0.3, -0.25) is 4.98 Å². The monoisotopic (exact) mass is 301 g/mol. The topological polar surface area (TPSA) is 54.0 Å². The first-order valence-electron chi connectivity index (χ1n) is 7.34. The number of amides is 2. The van der Waals surface area contributed by atoms with E-state index in [-0.39, 0.29) is 12.1 Å². The highest BCUT2D eigenvalue weighted by Gasteiger charge is 2.28. The Hall–Kier alpha value is -1.88. The maximum atomic E-state index is 12.2. The molecule has 0 spiro atoms. The van der Waals surface area contributed by atoms with Crippen LogP contribution in [0.2, 0.25) is 0 Å². The fourth-order valence-electron chi connectivity index (χ4n) is 2.92. The van der Waals surface area contributed by atoms with Crippen LogP contribution in [0.3, 0.4) is 0 Å². The van der Waals surface area contributed by atoms with Crippen LogP contribution in [0.25, 0.3) is 0 Å². The number of thiophene rings is 1. The Labute approximate surface area is 128 Å². The third-order valence-electron chi connectivity index (χ3n) is 3.95. The fraction of sp³-hybridized carbons (Fsp3) is 0.375. The van der Waals surface area contributed by atoms with E-state index in [1.165, 1.54) is 30.6 Å². The number of urea groups is 1. The smallest absolute Gasteiger partial charge is 0.319 e. The molecule has 0 bridgehead atoms. The molecule has 1 fully saturated rings. The summed E-state index contributed by atoms with van der Waals surface area (Å²) in [5, 5.41) is 8.09. The Morgan fingerprint density at radius 3 is 2.67 bits per heavy atom. The zero-order valence-electron chi connectivity index (χ0n) is 11.8. The molecular weight excluding hydrogens is 282 g/mol. The van der Waals surface area contributed by atoms with Crippen molar-refractivity contribution in [2.24, 2.45) is 5.92 Å². The molecule has 1 atom stereocenters. The zero-order chi connectivity index (χ0) is 14.5. The third-order valence-corrected chi connectivity index (χ3v) is 4.90. The number of carbonyl (C=O) groups excluding carboxylic acids is 1. The van der Waals surface area contributed by atoms with Crippen LogP contribution in [0.5, 0.6) is 0 Å². The summed E-state index contributed by atoms with van der Waals surface area (Å²) in [6.07, 6.45) is 8.25. The maximum absolute atomic E-state index is 12.2. The predicted octanol–water partition coefficient (Wildman–Crippen LogP) is 4.20. The maximum Gasteiger partial charge on any atom is 0.319 e. The van der Waals surface area contributed by atoms with Gasteiger partial charge in [-0.25, -0.2) is 4.79 Å². The van der Waals surface area contributed by atoms with E-state index in [9.17, 15) is 4.79 Å². The average Bonchev–Trinajstić information content (AvgIpc) is 3.19. The van der Waals surface area contributed by atoms with Gasteiger partial charge < -0.3 is 10.6 Å². The van der Waals surface area contributed by atoms with Crippen LogP contribution in [-0.2, 0) is 0 Å². The SMILES string of the molecule is O=C(Nc1ccncc1)NC(c1cccs1)C1CCCC1. The molecule has 3 rings (SSSR count). The summed E-state index contributed by atoms with van der Waals surface area (Å²) in [4.78, 5) is 17.4. The van der Waals surface area contributed by atoms with Gasteiger partial charge in [-0.05, 0) is 42.3 Å². The Morgan fingerprint density at radius 2 is 2.00 bits per heavy atom. The van der Waals surface area contributed by atoms with Crippen LogP contribution >= 0.6 is 11.3 Å². The van der Waals surface area contributed by atoms with Crippen LogP contribution < -0.4 is 10.6 Å². The lowest BCUT2D eigenvalue weighted by molar-refractivity contribution is 0.243. The summed E-state index contributed by atoms with van der Waals surface area (Å²) in [5.74, 6) is 0.548. The van der Waals surface area contributed by atoms with Crippen molar-refractivity contribution in [1.82, 2.24) is 10.3 Å². The highest BCUT2D eigenvalue weighted by molar-refractivity contribution is 7.10. The molecule has 1 aliphatic carbocycles. The second-order valence-electron chi connectivity index (χ2n) is 5.37. The first kappa shape index (κ1) is 14.1. The summed E-state index contributed by atoms with van der Waals surface area (Å²) < 4.78 is 0. The van der Waals surface area contributed by atoms with Crippen molar-refractivity contribution in [3.05, 3.63) is 46.9 Å². The molecule has 0 radical (unpaired) electrons. The summed E-state index contributed by atoms with van der Waals surface area (Å²) in [6.45, 7) is 0. The number of anilines is 1. The van der Waals surface area contributed by atoms with E-state index in [0.29, 0.717) is 5.92 Å². The van der Waals surface area contributed by atoms with Crippen molar-refractivity contribution < 1.29 is 4.79 Å². The first-order valence-corrected chi connectivity index (χ1v) is 8.22. The van der Waals surface area contributed by atoms with Gasteiger partial charge in [0.15, 0.2) is 0 Å². The van der Waals surface area contributed by atoms with Gasteiger partial charge in [0, 0.05) is 23.0 Å². The number of hydrogen-bond donors (Lipinski definition) is 2. The molecule has 4 nitrogen and oxygen atoms in total. The number of hydrogen-bond acceptors (Lipinski definition) is 3. The van der Waals surface area contributed by atoms with Crippen molar-refractivity contribution in [2.45, 2.75) is 31.7 Å². The number of nitrogens with one attached hydrogen (secondary N) is 2. The summed E-state index contributed by atoms with van der Waals surface area (Å²) >= 11 is 1.71. The molecule has 1 unspecified atom stereocenters. The van der Waals surface area contributed by atoms with Gasteiger partial charge in [0.1, 0.15) is 0 Å². The van der Waals surface area contributed by atoms with Crippen LogP contribution in [-0.4, -0.2) is 11.0 Å². The molecule has 2 amide bonds. The minimum absolute atomic E-state index is 0.120. The van der Waals surface area contributed by atoms with E-state index in [0.717, 1.165) is 5.69 Å². The van der Waals surface area contributed by atoms with Gasteiger partial charge in [0.25, 0.3) is 0 Å². The van der Waals surface area contributed by atoms with Gasteiger partial charge in [0.05, 0.1) is 6.04 Å². The zero-order valence-corrected chi connectivity index (χ0v) is 12.6. The van der Waals surface area contributed by atoms with E-state index >= 15 is 0 Å². The van der Waals surface area contributed by atoms with E-state index in [1.807, 2.05) is 6.07 Å². The van der Waals surface area contributed by atoms with Gasteiger partial charge in [-0.2, -0.15) is 0 Å². The largest absolute Gasteiger partial charge is 0.330 e. The van der Waals surface area contributed by atoms with Crippen LogP contribution in [0.4, 0.5) is 10.5 Å². The van der Waals surface area contributed by atoms with Gasteiger partial charge in [0.2, 0.25) is 0 Å². The lowest BCUT2D eigenvalue weighted by atomic mass is 9.97. The Morgan fingerprint density at radius 1 is 1.24 bits per heavy atom. The Bertz CT molecular complexity index is 564. The molecule has 2 heterocycles. The molecule has 110 valence electrons. The molecule has 2 N–H and O–H groups in total. The standard InChI is InChI=1S/C16H19N3OS/c20-16(18-13-7-9-17-10-8-13)19-15(12-4-1-2-5-12)14-6-3-11-21-14/h3,6-12,15H,1-2,4-5H2,(H2,17,18,19,20). The molecule has 1 aliphatic rings. The number of nitrogens with zero attached hydrogens (tertiary/aromatic N) is 1. The molecule has 2 aromatic heterocycles. The summed E-state index contributed by atoms with van der Waals surface area (Å²) in [5.41, 5.74) is 0.763. The normalized spacial score (nSPS) is 16.6. The highest BCUT2D eigenvalue weighted by Crippen LogP contribution is 2.37. The minimum Gasteiger partial charge on any atom is -0.330 e. The molecule has 21 heavy (non-hydrogen) atoms. The predicted molar refractivity (Wildman–Crippen MR) is 85.4 cm³/mol. The molecular formula is C16H19N3OS. The average molecular weight is 301 g/mol. The van der Waals surface area contributed by atoms with Crippen molar-refractivity contribution in [3.63, 3.8) is 0 Å². The van der Waals surface area contributed by atoms with Gasteiger partial charge in [-0.15, -0.1) is 11.3 Å². The third kappa shape index (κ3) is 3.61. The molecule has 0 saturated heterocycles. The summed E-state index contributed by atoms with van der Waals surface area (Å²) in [7, 11) is 0. The fourth-order valence-corrected chi connectivity index (χ4v) is 3.79. The van der Waals surface area contributed by atoms with Gasteiger partial charge in [-0.1, -0.05) is 18.9 Å². The number of carbonyl (C=O) groups is 1. The van der Waals surface area contributed by atoms with Crippen molar-refractivity contribution in [2.75, 3.05) is 5.32 Å². The molecule has 1 saturated carbocycles. The summed E-state index contributed by atoms with van der Waals surface area (Å²) in [6, 6.07) is 7.70. The molecule has 5 heteroatoms. The van der Waals surface area contributed by atoms with Crippen LogP contribution in [0, 0.1) is 5.92 Å². The lowest BCUT2D eigenvalue weighted by Crippen LogP contribution is -2.35. The first-order chi connectivity index (χ1) is 10.3. The van der Waals surface area contributed by atoms with Gasteiger partial charge >= 0.3 is 6.03 Å². The van der Waals surface area contributed by atoms with Crippen molar-refractivity contribution in [1.29, 1.82) is 0 Å². The Kier molecular flexibility index (Phi) is 4.50. The van der Waals surface area contributed by atoms with Crippen LogP contribution in [0.15, 0.2) is 42.0 Å². The number of pyridine rings is 1. The van der Waals surface area contributed by atoms with Crippen molar-refractivity contribution in [3.8, 4) is 0 Å². The molecule has 0 aliphatic heterocycles. The quantitative estimate of drug-likeness (QED) is 0.889. The van der Waals surface area contributed by atoms with E-state index in [4.69, 9.17) is 0 Å². The van der Waals surface area contributed by atoms with Crippen molar-refractivity contribution >= 4 is 23.1 Å². The second-order valence-corrected chi connectivity index (χ2v) is 6.35. The molecule has 0 aromatic carbocycles. The van der Waals surface area contributed by atoms with E-state index in [2.05, 4.69) is 27.1 Å². The Balaban J connectivity index is 1.68. The lowest BCUT2D eigenvalue weighted by Gasteiger charge is -2.24. The minimum atomic E-state index is -0.147.